The van der Waals surface area contributed by atoms with Crippen molar-refractivity contribution < 1.29 is 13.5 Å². The van der Waals surface area contributed by atoms with E-state index in [1.807, 2.05) is 0 Å². The lowest BCUT2D eigenvalue weighted by molar-refractivity contribution is 0.0657. The lowest BCUT2D eigenvalue weighted by Gasteiger charge is -2.29. The van der Waals surface area contributed by atoms with Crippen LogP contribution in [0.25, 0.3) is 0 Å². The number of hydrogen-bond donors (Lipinski definition) is 0. The maximum atomic E-state index is 12.5. The lowest BCUT2D eigenvalue weighted by Crippen LogP contribution is -2.42. The monoisotopic (exact) mass is 215 g/mol. The van der Waals surface area contributed by atoms with Gasteiger partial charge >= 0.3 is 0 Å². The Bertz CT molecular complexity index is 323. The van der Waals surface area contributed by atoms with Crippen LogP contribution in [-0.4, -0.2) is 37.2 Å². The molecule has 2 heterocycles. The largest absolute Gasteiger partial charge is 0.383 e. The molecule has 1 atom stereocenters. The Hall–Kier alpha value is -0.740. The molecule has 0 spiro atoms. The molecule has 2 fully saturated rings. The summed E-state index contributed by atoms with van der Waals surface area (Å²) in [6, 6.07) is 0. The Balaban J connectivity index is 2.24. The molecule has 2 rings (SSSR count). The predicted octanol–water partition coefficient (Wildman–Crippen LogP) is 2.19. The minimum Gasteiger partial charge on any atom is -0.383 e. The van der Waals surface area contributed by atoms with Gasteiger partial charge in [-0.15, -0.1) is 0 Å². The Labute approximate surface area is 88.2 Å². The molecule has 0 aromatic heterocycles. The molecule has 0 aromatic rings. The smallest absolute Gasteiger partial charge is 0.270 e. The van der Waals surface area contributed by atoms with E-state index in [0.29, 0.717) is 19.6 Å². The number of fused-ring (bicyclic) bond motifs is 1. The van der Waals surface area contributed by atoms with Crippen molar-refractivity contribution in [2.45, 2.75) is 18.4 Å². The molecule has 0 amide bonds. The van der Waals surface area contributed by atoms with E-state index in [1.54, 1.807) is 7.11 Å². The molecule has 0 aromatic carbocycles. The fourth-order valence-corrected chi connectivity index (χ4v) is 2.74. The van der Waals surface area contributed by atoms with Crippen LogP contribution in [-0.2, 0) is 4.74 Å². The van der Waals surface area contributed by atoms with Gasteiger partial charge in [-0.2, -0.15) is 8.78 Å². The van der Waals surface area contributed by atoms with E-state index in [4.69, 9.17) is 4.74 Å². The maximum absolute atomic E-state index is 12.5. The molecule has 0 saturated carbocycles. The average molecular weight is 215 g/mol. The van der Waals surface area contributed by atoms with Gasteiger partial charge in [0.15, 0.2) is 0 Å². The van der Waals surface area contributed by atoms with Gasteiger partial charge < -0.3 is 4.74 Å². The quantitative estimate of drug-likeness (QED) is 0.655. The van der Waals surface area contributed by atoms with Crippen LogP contribution in [0, 0.1) is 0 Å². The van der Waals surface area contributed by atoms with Crippen molar-refractivity contribution in [2.75, 3.05) is 26.8 Å². The molecule has 4 heteroatoms. The summed E-state index contributed by atoms with van der Waals surface area (Å²) in [6.45, 7) is 5.52. The summed E-state index contributed by atoms with van der Waals surface area (Å²) in [6.07, 6.45) is -0.328. The average Bonchev–Trinajstić information content (AvgIpc) is 2.57. The molecular weight excluding hydrogens is 200 g/mol. The molecule has 0 radical (unpaired) electrons. The van der Waals surface area contributed by atoms with Crippen LogP contribution in [0.1, 0.15) is 12.8 Å². The van der Waals surface area contributed by atoms with E-state index >= 15 is 0 Å². The molecule has 2 nitrogen and oxygen atoms in total. The highest BCUT2D eigenvalue weighted by atomic mass is 19.3. The highest BCUT2D eigenvalue weighted by Gasteiger charge is 2.48. The number of ether oxygens (including phenoxy) is 1. The third kappa shape index (κ3) is 1.72. The Morgan fingerprint density at radius 3 is 2.80 bits per heavy atom. The van der Waals surface area contributed by atoms with E-state index in [-0.39, 0.29) is 11.1 Å². The molecule has 2 saturated heterocycles. The molecule has 2 aliphatic heterocycles. The molecule has 0 aliphatic carbocycles. The number of rotatable bonds is 2. The van der Waals surface area contributed by atoms with Gasteiger partial charge in [0.1, 0.15) is 0 Å². The van der Waals surface area contributed by atoms with Crippen LogP contribution in [0.15, 0.2) is 23.8 Å². The summed E-state index contributed by atoms with van der Waals surface area (Å²) in [4.78, 5) is 2.06. The first-order chi connectivity index (χ1) is 7.07. The normalized spacial score (nSPS) is 31.1. The van der Waals surface area contributed by atoms with E-state index in [2.05, 4.69) is 11.5 Å². The maximum Gasteiger partial charge on any atom is 0.270 e. The topological polar surface area (TPSA) is 12.5 Å². The highest BCUT2D eigenvalue weighted by molar-refractivity contribution is 5.28. The molecule has 0 N–H and O–H groups in total. The van der Waals surface area contributed by atoms with Crippen LogP contribution >= 0.6 is 0 Å². The summed E-state index contributed by atoms with van der Waals surface area (Å²) in [5.41, 5.74) is 1.13. The third-order valence-corrected chi connectivity index (χ3v) is 3.27. The van der Waals surface area contributed by atoms with Crippen molar-refractivity contribution >= 4 is 0 Å². The van der Waals surface area contributed by atoms with Gasteiger partial charge in [0.25, 0.3) is 6.08 Å². The first-order valence-electron chi connectivity index (χ1n) is 5.01. The van der Waals surface area contributed by atoms with E-state index in [1.165, 1.54) is 0 Å². The van der Waals surface area contributed by atoms with Crippen molar-refractivity contribution in [3.8, 4) is 0 Å². The van der Waals surface area contributed by atoms with Crippen molar-refractivity contribution in [1.29, 1.82) is 0 Å². The summed E-state index contributed by atoms with van der Waals surface area (Å²) < 4.78 is 30.2. The predicted molar refractivity (Wildman–Crippen MR) is 53.8 cm³/mol. The number of methoxy groups -OCH3 is 1. The zero-order chi connectivity index (χ0) is 11.1. The van der Waals surface area contributed by atoms with Crippen molar-refractivity contribution in [3.05, 3.63) is 23.8 Å². The molecule has 84 valence electrons. The van der Waals surface area contributed by atoms with Crippen molar-refractivity contribution in [2.24, 2.45) is 0 Å². The van der Waals surface area contributed by atoms with Gasteiger partial charge in [-0.05, 0) is 12.8 Å². The first-order valence-corrected chi connectivity index (χ1v) is 5.01. The van der Waals surface area contributed by atoms with Gasteiger partial charge in [0, 0.05) is 25.8 Å². The summed E-state index contributed by atoms with van der Waals surface area (Å²) in [5.74, 6) is 0. The van der Waals surface area contributed by atoms with Crippen LogP contribution in [0.5, 0.6) is 0 Å². The van der Waals surface area contributed by atoms with E-state index < -0.39 is 6.08 Å². The standard InChI is InChI=1S/C11H15F2NO/c1-8-3-11(7-15-2)4-9(10(12)13)6-14(11)5-8/h1,3-7H2,2H3/t11-/m1/s1. The Morgan fingerprint density at radius 2 is 2.20 bits per heavy atom. The fraction of sp³-hybridized carbons (Fsp3) is 0.636. The van der Waals surface area contributed by atoms with Crippen LogP contribution < -0.4 is 0 Å². The Morgan fingerprint density at radius 1 is 1.47 bits per heavy atom. The molecule has 15 heavy (non-hydrogen) atoms. The van der Waals surface area contributed by atoms with Crippen LogP contribution in [0.2, 0.25) is 0 Å². The first kappa shape index (κ1) is 10.8. The number of hydrogen-bond acceptors (Lipinski definition) is 2. The Kier molecular flexibility index (Phi) is 2.64. The summed E-state index contributed by atoms with van der Waals surface area (Å²) in [7, 11) is 1.61. The van der Waals surface area contributed by atoms with Gasteiger partial charge in [0.05, 0.1) is 12.1 Å². The van der Waals surface area contributed by atoms with Crippen molar-refractivity contribution in [1.82, 2.24) is 4.90 Å². The van der Waals surface area contributed by atoms with Gasteiger partial charge in [0.2, 0.25) is 0 Å². The number of nitrogens with zero attached hydrogens (tertiary/aromatic N) is 1. The fourth-order valence-electron chi connectivity index (χ4n) is 2.74. The van der Waals surface area contributed by atoms with Gasteiger partial charge in [-0.25, -0.2) is 0 Å². The summed E-state index contributed by atoms with van der Waals surface area (Å²) >= 11 is 0. The number of halogens is 2. The van der Waals surface area contributed by atoms with Crippen molar-refractivity contribution in [3.63, 3.8) is 0 Å². The second kappa shape index (κ2) is 3.68. The van der Waals surface area contributed by atoms with Gasteiger partial charge in [-0.3, -0.25) is 4.90 Å². The minimum absolute atomic E-state index is 0.245. The van der Waals surface area contributed by atoms with E-state index in [0.717, 1.165) is 18.5 Å². The molecule has 0 unspecified atom stereocenters. The zero-order valence-corrected chi connectivity index (χ0v) is 8.85. The molecular formula is C11H15F2NO. The van der Waals surface area contributed by atoms with E-state index in [9.17, 15) is 8.78 Å². The SMILES string of the molecule is C=C1CN2CC(=C(F)F)C[C@@]2(COC)C1. The summed E-state index contributed by atoms with van der Waals surface area (Å²) in [5, 5.41) is 0. The molecule has 2 aliphatic rings. The third-order valence-electron chi connectivity index (χ3n) is 3.27. The van der Waals surface area contributed by atoms with Crippen LogP contribution in [0.3, 0.4) is 0 Å². The van der Waals surface area contributed by atoms with Gasteiger partial charge in [-0.1, -0.05) is 12.2 Å². The zero-order valence-electron chi connectivity index (χ0n) is 8.85. The lowest BCUT2D eigenvalue weighted by atomic mass is 9.92. The minimum atomic E-state index is -1.52. The van der Waals surface area contributed by atoms with Crippen LogP contribution in [0.4, 0.5) is 8.78 Å². The second-order valence-electron chi connectivity index (χ2n) is 4.48. The highest BCUT2D eigenvalue weighted by Crippen LogP contribution is 2.44. The molecule has 0 bridgehead atoms. The second-order valence-corrected chi connectivity index (χ2v) is 4.48.